The van der Waals surface area contributed by atoms with E-state index in [1.165, 1.54) is 0 Å². The summed E-state index contributed by atoms with van der Waals surface area (Å²) in [4.78, 5) is 22.4. The van der Waals surface area contributed by atoms with Crippen LogP contribution in [0.3, 0.4) is 0 Å². The highest BCUT2D eigenvalue weighted by Gasteiger charge is 2.36. The molecule has 0 bridgehead atoms. The Balaban J connectivity index is 1.52. The molecule has 1 aliphatic heterocycles. The minimum Gasteiger partial charge on any atom is -0.493 e. The van der Waals surface area contributed by atoms with Gasteiger partial charge in [0.1, 0.15) is 18.2 Å². The first-order valence-electron chi connectivity index (χ1n) is 10.2. The summed E-state index contributed by atoms with van der Waals surface area (Å²) < 4.78 is 17.5. The molecule has 5 rings (SSSR count). The lowest BCUT2D eigenvalue weighted by atomic mass is 9.93. The van der Waals surface area contributed by atoms with Crippen molar-refractivity contribution in [3.05, 3.63) is 77.6 Å². The zero-order valence-corrected chi connectivity index (χ0v) is 17.4. The van der Waals surface area contributed by atoms with Crippen LogP contribution in [0.5, 0.6) is 11.5 Å². The highest BCUT2D eigenvalue weighted by Crippen LogP contribution is 2.40. The largest absolute Gasteiger partial charge is 0.493 e. The van der Waals surface area contributed by atoms with Crippen molar-refractivity contribution in [2.24, 2.45) is 0 Å². The fraction of sp³-hybridized carbons (Fsp3) is 0.208. The van der Waals surface area contributed by atoms with E-state index in [1.54, 1.807) is 30.5 Å². The molecule has 0 unspecified atom stereocenters. The Bertz CT molecular complexity index is 1240. The molecule has 0 spiro atoms. The first kappa shape index (κ1) is 19.9. The van der Waals surface area contributed by atoms with Crippen LogP contribution in [0.1, 0.15) is 16.7 Å². The molecule has 2 aromatic heterocycles. The number of carboxylic acid groups (broad SMARTS) is 1. The van der Waals surface area contributed by atoms with Crippen LogP contribution < -0.4 is 14.4 Å². The van der Waals surface area contributed by atoms with Crippen molar-refractivity contribution < 1.29 is 23.8 Å². The SMILES string of the molecule is COc1ccc2c(c1OCc1ccccc1)C[C@@H](C(=O)O)N(c1nc3ccncc3o1)C2. The predicted molar refractivity (Wildman–Crippen MR) is 117 cm³/mol. The quantitative estimate of drug-likeness (QED) is 0.492. The molecule has 0 saturated carbocycles. The van der Waals surface area contributed by atoms with E-state index in [1.807, 2.05) is 42.5 Å². The third-order valence-electron chi connectivity index (χ3n) is 5.59. The summed E-state index contributed by atoms with van der Waals surface area (Å²) in [5, 5.41) is 10.0. The number of fused-ring (bicyclic) bond motifs is 2. The minimum absolute atomic E-state index is 0.225. The number of pyridine rings is 1. The van der Waals surface area contributed by atoms with Gasteiger partial charge in [-0.05, 0) is 23.3 Å². The van der Waals surface area contributed by atoms with Gasteiger partial charge in [-0.25, -0.2) is 4.79 Å². The zero-order chi connectivity index (χ0) is 22.1. The van der Waals surface area contributed by atoms with Gasteiger partial charge in [-0.2, -0.15) is 4.98 Å². The Hall–Kier alpha value is -4.07. The van der Waals surface area contributed by atoms with Crippen molar-refractivity contribution in [2.45, 2.75) is 25.6 Å². The van der Waals surface area contributed by atoms with Gasteiger partial charge in [0, 0.05) is 24.7 Å². The van der Waals surface area contributed by atoms with E-state index in [-0.39, 0.29) is 12.4 Å². The summed E-state index contributed by atoms with van der Waals surface area (Å²) in [7, 11) is 1.58. The number of hydrogen-bond donors (Lipinski definition) is 1. The second kappa shape index (κ2) is 8.22. The summed E-state index contributed by atoms with van der Waals surface area (Å²) in [6.07, 6.45) is 3.42. The fourth-order valence-corrected chi connectivity index (χ4v) is 3.98. The average molecular weight is 431 g/mol. The van der Waals surface area contributed by atoms with Crippen LogP contribution in [0.15, 0.2) is 65.3 Å². The number of rotatable bonds is 6. The molecular formula is C24H21N3O5. The molecule has 1 N–H and O–H groups in total. The van der Waals surface area contributed by atoms with Crippen LogP contribution in [-0.4, -0.2) is 34.2 Å². The van der Waals surface area contributed by atoms with Crippen LogP contribution in [0.25, 0.3) is 11.1 Å². The molecule has 0 saturated heterocycles. The van der Waals surface area contributed by atoms with Gasteiger partial charge in [0.25, 0.3) is 6.01 Å². The molecule has 8 nitrogen and oxygen atoms in total. The first-order valence-corrected chi connectivity index (χ1v) is 10.2. The van der Waals surface area contributed by atoms with Gasteiger partial charge in [0.15, 0.2) is 17.1 Å². The number of carboxylic acids is 1. The molecule has 1 aliphatic rings. The molecule has 162 valence electrons. The number of anilines is 1. The van der Waals surface area contributed by atoms with E-state index in [0.29, 0.717) is 35.8 Å². The Morgan fingerprint density at radius 1 is 1.22 bits per heavy atom. The molecule has 0 aliphatic carbocycles. The molecule has 1 atom stereocenters. The third-order valence-corrected chi connectivity index (χ3v) is 5.59. The van der Waals surface area contributed by atoms with Gasteiger partial charge in [-0.15, -0.1) is 0 Å². The number of ether oxygens (including phenoxy) is 2. The Kier molecular flexibility index (Phi) is 5.10. The van der Waals surface area contributed by atoms with E-state index < -0.39 is 12.0 Å². The summed E-state index contributed by atoms with van der Waals surface area (Å²) in [5.74, 6) is 0.180. The Morgan fingerprint density at radius 2 is 2.06 bits per heavy atom. The first-order chi connectivity index (χ1) is 15.6. The van der Waals surface area contributed by atoms with E-state index in [0.717, 1.165) is 16.7 Å². The number of methoxy groups -OCH3 is 1. The van der Waals surface area contributed by atoms with Crippen LogP contribution in [0, 0.1) is 0 Å². The van der Waals surface area contributed by atoms with Gasteiger partial charge in [-0.3, -0.25) is 4.98 Å². The molecule has 3 heterocycles. The summed E-state index contributed by atoms with van der Waals surface area (Å²) in [6, 6.07) is 14.7. The van der Waals surface area contributed by atoms with Crippen molar-refractivity contribution in [1.82, 2.24) is 9.97 Å². The van der Waals surface area contributed by atoms with Crippen molar-refractivity contribution in [3.8, 4) is 11.5 Å². The van der Waals surface area contributed by atoms with Crippen molar-refractivity contribution in [3.63, 3.8) is 0 Å². The summed E-state index contributed by atoms with van der Waals surface area (Å²) in [5.41, 5.74) is 3.92. The zero-order valence-electron chi connectivity index (χ0n) is 17.4. The molecule has 0 fully saturated rings. The van der Waals surface area contributed by atoms with Crippen molar-refractivity contribution >= 4 is 23.1 Å². The van der Waals surface area contributed by atoms with E-state index in [4.69, 9.17) is 13.9 Å². The lowest BCUT2D eigenvalue weighted by molar-refractivity contribution is -0.138. The topological polar surface area (TPSA) is 97.9 Å². The highest BCUT2D eigenvalue weighted by atomic mass is 16.5. The standard InChI is InChI=1S/C24H21N3O5/c1-30-20-8-7-16-13-27(24-26-18-9-10-25-12-21(18)32-24)19(23(28)29)11-17(16)22(20)31-14-15-5-3-2-4-6-15/h2-10,12,19H,11,13-14H2,1H3,(H,28,29)/t19-/m0/s1. The number of benzene rings is 2. The van der Waals surface area contributed by atoms with E-state index >= 15 is 0 Å². The van der Waals surface area contributed by atoms with E-state index in [2.05, 4.69) is 9.97 Å². The highest BCUT2D eigenvalue weighted by molar-refractivity contribution is 5.80. The van der Waals surface area contributed by atoms with Crippen LogP contribution in [0.2, 0.25) is 0 Å². The number of carbonyl (C=O) groups is 1. The van der Waals surface area contributed by atoms with Gasteiger partial charge >= 0.3 is 5.97 Å². The maximum absolute atomic E-state index is 12.2. The molecule has 0 amide bonds. The van der Waals surface area contributed by atoms with E-state index in [9.17, 15) is 9.90 Å². The maximum Gasteiger partial charge on any atom is 0.326 e. The molecule has 0 radical (unpaired) electrons. The lowest BCUT2D eigenvalue weighted by Gasteiger charge is -2.34. The Morgan fingerprint density at radius 3 is 2.81 bits per heavy atom. The van der Waals surface area contributed by atoms with Gasteiger partial charge < -0.3 is 23.9 Å². The monoisotopic (exact) mass is 431 g/mol. The molecule has 8 heteroatoms. The molecule has 2 aromatic carbocycles. The summed E-state index contributed by atoms with van der Waals surface area (Å²) >= 11 is 0. The number of hydrogen-bond acceptors (Lipinski definition) is 7. The molecule has 4 aromatic rings. The average Bonchev–Trinajstić information content (AvgIpc) is 3.26. The lowest BCUT2D eigenvalue weighted by Crippen LogP contribution is -2.46. The normalized spacial score (nSPS) is 15.4. The predicted octanol–water partition coefficient (Wildman–Crippen LogP) is 3.83. The van der Waals surface area contributed by atoms with Gasteiger partial charge in [-0.1, -0.05) is 36.4 Å². The minimum atomic E-state index is -0.965. The van der Waals surface area contributed by atoms with Crippen LogP contribution >= 0.6 is 0 Å². The number of aliphatic carboxylic acids is 1. The molecular weight excluding hydrogens is 410 g/mol. The van der Waals surface area contributed by atoms with Gasteiger partial charge in [0.2, 0.25) is 0 Å². The van der Waals surface area contributed by atoms with Crippen LogP contribution in [-0.2, 0) is 24.4 Å². The number of nitrogens with zero attached hydrogens (tertiary/aromatic N) is 3. The Labute approximate surface area is 184 Å². The van der Waals surface area contributed by atoms with Gasteiger partial charge in [0.05, 0.1) is 13.3 Å². The fourth-order valence-electron chi connectivity index (χ4n) is 3.98. The van der Waals surface area contributed by atoms with Crippen molar-refractivity contribution in [2.75, 3.05) is 12.0 Å². The van der Waals surface area contributed by atoms with Crippen molar-refractivity contribution in [1.29, 1.82) is 0 Å². The second-order valence-electron chi connectivity index (χ2n) is 7.53. The third kappa shape index (κ3) is 3.60. The molecule has 32 heavy (non-hydrogen) atoms. The summed E-state index contributed by atoms with van der Waals surface area (Å²) in [6.45, 7) is 0.672. The maximum atomic E-state index is 12.2. The second-order valence-corrected chi connectivity index (χ2v) is 7.53. The number of aromatic nitrogens is 2. The van der Waals surface area contributed by atoms with Crippen LogP contribution in [0.4, 0.5) is 6.01 Å². The smallest absolute Gasteiger partial charge is 0.326 e. The number of oxazole rings is 1.